The van der Waals surface area contributed by atoms with Gasteiger partial charge in [0, 0.05) is 0 Å². The Hall–Kier alpha value is -0.310. The van der Waals surface area contributed by atoms with Crippen LogP contribution >= 0.6 is 15.6 Å². The Morgan fingerprint density at radius 3 is 2.35 bits per heavy atom. The minimum atomic E-state index is -5.19. The second-order valence-corrected chi connectivity index (χ2v) is 6.03. The van der Waals surface area contributed by atoms with E-state index in [0.717, 1.165) is 0 Å². The Morgan fingerprint density at radius 2 is 1.88 bits per heavy atom. The van der Waals surface area contributed by atoms with E-state index in [2.05, 4.69) is 14.2 Å². The average Bonchev–Trinajstić information content (AvgIpc) is 2.45. The number of carboxylic acid groups (broad SMARTS) is 1. The van der Waals surface area contributed by atoms with Gasteiger partial charge < -0.3 is 25.1 Å². The smallest absolute Gasteiger partial charge is 0.480 e. The molecule has 1 saturated heterocycles. The van der Waals surface area contributed by atoms with Crippen LogP contribution in [0.5, 0.6) is 0 Å². The second-order valence-electron chi connectivity index (χ2n) is 3.24. The molecule has 12 heteroatoms. The van der Waals surface area contributed by atoms with Crippen LogP contribution in [0.1, 0.15) is 6.42 Å². The zero-order valence-electron chi connectivity index (χ0n) is 8.29. The molecule has 0 bridgehead atoms. The molecular formula is C5H11NO9P2. The van der Waals surface area contributed by atoms with Gasteiger partial charge in [-0.25, -0.2) is 9.13 Å². The zero-order valence-corrected chi connectivity index (χ0v) is 10.1. The van der Waals surface area contributed by atoms with Crippen molar-refractivity contribution in [3.8, 4) is 0 Å². The molecule has 0 aliphatic carbocycles. The van der Waals surface area contributed by atoms with Crippen molar-refractivity contribution in [2.45, 2.75) is 18.6 Å². The number of phosphoric ester groups is 1. The van der Waals surface area contributed by atoms with Gasteiger partial charge in [-0.3, -0.25) is 9.32 Å². The maximum Gasteiger partial charge on any atom is 0.481 e. The molecule has 0 saturated carbocycles. The number of phosphoric acid groups is 2. The molecule has 2 unspecified atom stereocenters. The zero-order chi connectivity index (χ0) is 13.3. The summed E-state index contributed by atoms with van der Waals surface area (Å²) >= 11 is 0. The maximum atomic E-state index is 11.2. The molecule has 1 fully saturated rings. The summed E-state index contributed by atoms with van der Waals surface area (Å²) in [6.07, 6.45) is -1.10. The third-order valence-electron chi connectivity index (χ3n) is 1.91. The first-order valence-corrected chi connectivity index (χ1v) is 7.37. The molecule has 0 aromatic rings. The number of hydrogen-bond acceptors (Lipinski definition) is 6. The topological polar surface area (TPSA) is 163 Å². The highest BCUT2D eigenvalue weighted by Crippen LogP contribution is 2.58. The fourth-order valence-corrected chi connectivity index (χ4v) is 3.16. The quantitative estimate of drug-likeness (QED) is 0.398. The highest BCUT2D eigenvalue weighted by molar-refractivity contribution is 7.60. The van der Waals surface area contributed by atoms with E-state index in [4.69, 9.17) is 19.8 Å². The summed E-state index contributed by atoms with van der Waals surface area (Å²) in [6, 6.07) is -1.23. The van der Waals surface area contributed by atoms with Crippen molar-refractivity contribution in [1.82, 2.24) is 5.32 Å². The Labute approximate surface area is 95.4 Å². The summed E-state index contributed by atoms with van der Waals surface area (Å²) in [6.45, 7) is 0.234. The van der Waals surface area contributed by atoms with Gasteiger partial charge in [0.1, 0.15) is 6.04 Å². The van der Waals surface area contributed by atoms with Gasteiger partial charge in [-0.05, 0) is 13.0 Å². The predicted octanol–water partition coefficient (Wildman–Crippen LogP) is -0.972. The molecule has 5 N–H and O–H groups in total. The molecule has 0 radical (unpaired) electrons. The van der Waals surface area contributed by atoms with E-state index in [1.807, 2.05) is 0 Å². The van der Waals surface area contributed by atoms with Crippen LogP contribution in [-0.4, -0.2) is 44.4 Å². The average molecular weight is 291 g/mol. The van der Waals surface area contributed by atoms with Gasteiger partial charge in [0.15, 0.2) is 0 Å². The second kappa shape index (κ2) is 5.13. The number of carboxylic acids is 1. The number of carbonyl (C=O) groups is 1. The molecule has 3 atom stereocenters. The number of nitrogens with one attached hydrogen (secondary N) is 1. The first-order chi connectivity index (χ1) is 7.61. The van der Waals surface area contributed by atoms with E-state index in [1.54, 1.807) is 0 Å². The molecule has 1 rings (SSSR count). The minimum absolute atomic E-state index is 0.103. The molecule has 1 aliphatic heterocycles. The summed E-state index contributed by atoms with van der Waals surface area (Å²) in [5.41, 5.74) is 0. The van der Waals surface area contributed by atoms with E-state index in [9.17, 15) is 13.9 Å². The van der Waals surface area contributed by atoms with Crippen LogP contribution in [0.15, 0.2) is 0 Å². The van der Waals surface area contributed by atoms with Crippen LogP contribution < -0.4 is 5.32 Å². The summed E-state index contributed by atoms with van der Waals surface area (Å²) in [4.78, 5) is 36.4. The number of aliphatic carboxylic acids is 1. The van der Waals surface area contributed by atoms with Crippen LogP contribution in [0.4, 0.5) is 0 Å². The van der Waals surface area contributed by atoms with Gasteiger partial charge in [-0.2, -0.15) is 4.31 Å². The Bertz CT molecular complexity index is 391. The van der Waals surface area contributed by atoms with Gasteiger partial charge in [0.25, 0.3) is 0 Å². The van der Waals surface area contributed by atoms with Crippen molar-refractivity contribution in [1.29, 1.82) is 0 Å². The molecule has 1 aliphatic rings. The number of rotatable bonds is 5. The highest BCUT2D eigenvalue weighted by Gasteiger charge is 2.41. The summed E-state index contributed by atoms with van der Waals surface area (Å²) < 4.78 is 29.5. The molecule has 0 aromatic heterocycles. The van der Waals surface area contributed by atoms with Gasteiger partial charge in [0.05, 0.1) is 6.10 Å². The SMILES string of the molecule is O=C(O)[C@H]1NCCC1OP(=O)(O)OP(=O)(O)O. The van der Waals surface area contributed by atoms with Crippen LogP contribution in [0, 0.1) is 0 Å². The van der Waals surface area contributed by atoms with Crippen molar-refractivity contribution in [2.24, 2.45) is 0 Å². The van der Waals surface area contributed by atoms with Crippen molar-refractivity contribution < 1.29 is 42.5 Å². The molecule has 10 nitrogen and oxygen atoms in total. The van der Waals surface area contributed by atoms with Crippen molar-refractivity contribution in [3.63, 3.8) is 0 Å². The van der Waals surface area contributed by atoms with Gasteiger partial charge in [-0.15, -0.1) is 0 Å². The summed E-state index contributed by atoms with van der Waals surface area (Å²) in [5.74, 6) is -1.30. The molecule has 0 aromatic carbocycles. The molecule has 0 amide bonds. The lowest BCUT2D eigenvalue weighted by atomic mass is 10.2. The lowest BCUT2D eigenvalue weighted by Gasteiger charge is -2.19. The third-order valence-corrected chi connectivity index (χ3v) is 4.12. The fraction of sp³-hybridized carbons (Fsp3) is 0.800. The van der Waals surface area contributed by atoms with Gasteiger partial charge in [0.2, 0.25) is 0 Å². The predicted molar refractivity (Wildman–Crippen MR) is 51.9 cm³/mol. The molecule has 100 valence electrons. The van der Waals surface area contributed by atoms with Crippen LogP contribution in [0.3, 0.4) is 0 Å². The minimum Gasteiger partial charge on any atom is -0.480 e. The van der Waals surface area contributed by atoms with Crippen molar-refractivity contribution >= 4 is 21.6 Å². The normalized spacial score (nSPS) is 28.9. The fourth-order valence-electron chi connectivity index (χ4n) is 1.36. The number of hydrogen-bond donors (Lipinski definition) is 5. The van der Waals surface area contributed by atoms with E-state index in [0.29, 0.717) is 0 Å². The van der Waals surface area contributed by atoms with E-state index in [-0.39, 0.29) is 13.0 Å². The highest BCUT2D eigenvalue weighted by atomic mass is 31.3. The van der Waals surface area contributed by atoms with Gasteiger partial charge in [-0.1, -0.05) is 0 Å². The summed E-state index contributed by atoms with van der Waals surface area (Å²) in [7, 11) is -10.2. The molecule has 17 heavy (non-hydrogen) atoms. The third kappa shape index (κ3) is 4.82. The van der Waals surface area contributed by atoms with Crippen molar-refractivity contribution in [2.75, 3.05) is 6.54 Å². The Kier molecular flexibility index (Phi) is 4.45. The summed E-state index contributed by atoms with van der Waals surface area (Å²) in [5, 5.41) is 11.2. The van der Waals surface area contributed by atoms with Crippen LogP contribution in [0.2, 0.25) is 0 Å². The van der Waals surface area contributed by atoms with E-state index in [1.165, 1.54) is 0 Å². The van der Waals surface area contributed by atoms with E-state index < -0.39 is 33.8 Å². The van der Waals surface area contributed by atoms with Crippen LogP contribution in [-0.2, 0) is 22.8 Å². The molecule has 1 heterocycles. The lowest BCUT2D eigenvalue weighted by Crippen LogP contribution is -2.39. The molecular weight excluding hydrogens is 280 g/mol. The Balaban J connectivity index is 2.67. The van der Waals surface area contributed by atoms with Crippen LogP contribution in [0.25, 0.3) is 0 Å². The van der Waals surface area contributed by atoms with Crippen molar-refractivity contribution in [3.05, 3.63) is 0 Å². The Morgan fingerprint density at radius 1 is 1.29 bits per heavy atom. The maximum absolute atomic E-state index is 11.2. The van der Waals surface area contributed by atoms with E-state index >= 15 is 0 Å². The lowest BCUT2D eigenvalue weighted by molar-refractivity contribution is -0.140. The largest absolute Gasteiger partial charge is 0.481 e. The van der Waals surface area contributed by atoms with Gasteiger partial charge >= 0.3 is 21.6 Å². The molecule has 0 spiro atoms. The first kappa shape index (κ1) is 14.7. The monoisotopic (exact) mass is 291 g/mol. The standard InChI is InChI=1S/C5H11NO9P2/c7-5(8)4-3(1-2-6-4)14-17(12,13)15-16(9,10)11/h3-4,6H,1-2H2,(H,7,8)(H,12,13)(H2,9,10,11)/t3?,4-/m0/s1. The first-order valence-electron chi connectivity index (χ1n) is 4.35.